The number of aryl methyl sites for hydroxylation is 1. The summed E-state index contributed by atoms with van der Waals surface area (Å²) in [7, 11) is 0. The molecule has 2 aromatic rings. The molecule has 0 aliphatic carbocycles. The van der Waals surface area contributed by atoms with Crippen molar-refractivity contribution in [2.75, 3.05) is 6.54 Å². The molecule has 20 heavy (non-hydrogen) atoms. The Bertz CT molecular complexity index is 628. The first-order valence-corrected chi connectivity index (χ1v) is 7.65. The minimum Gasteiger partial charge on any atom is -0.306 e. The molecule has 2 rings (SSSR count). The van der Waals surface area contributed by atoms with E-state index >= 15 is 0 Å². The molecule has 6 heteroatoms. The summed E-state index contributed by atoms with van der Waals surface area (Å²) >= 11 is 13.2. The minimum atomic E-state index is -0.656. The Labute approximate surface area is 130 Å². The molecular weight excluding hydrogens is 323 g/mol. The van der Waals surface area contributed by atoms with Gasteiger partial charge in [-0.15, -0.1) is 11.3 Å². The van der Waals surface area contributed by atoms with Gasteiger partial charge in [-0.25, -0.2) is 8.78 Å². The van der Waals surface area contributed by atoms with Crippen molar-refractivity contribution < 1.29 is 8.78 Å². The first-order chi connectivity index (χ1) is 9.45. The Morgan fingerprint density at radius 2 is 2.00 bits per heavy atom. The maximum atomic E-state index is 14.3. The van der Waals surface area contributed by atoms with E-state index in [1.54, 1.807) is 13.0 Å². The molecular formula is C14H13Cl2F2NS. The lowest BCUT2D eigenvalue weighted by Gasteiger charge is -2.20. The van der Waals surface area contributed by atoms with Crippen molar-refractivity contribution in [3.8, 4) is 0 Å². The van der Waals surface area contributed by atoms with Crippen LogP contribution < -0.4 is 5.32 Å². The normalized spacial score (nSPS) is 12.7. The van der Waals surface area contributed by atoms with Crippen molar-refractivity contribution >= 4 is 34.5 Å². The minimum absolute atomic E-state index is 0.0248. The van der Waals surface area contributed by atoms with Crippen molar-refractivity contribution in [1.82, 2.24) is 5.32 Å². The highest BCUT2D eigenvalue weighted by molar-refractivity contribution is 7.20. The zero-order valence-corrected chi connectivity index (χ0v) is 13.3. The van der Waals surface area contributed by atoms with Crippen LogP contribution in [0.2, 0.25) is 8.67 Å². The van der Waals surface area contributed by atoms with Gasteiger partial charge < -0.3 is 5.32 Å². The molecule has 0 radical (unpaired) electrons. The zero-order valence-electron chi connectivity index (χ0n) is 10.9. The molecule has 0 saturated heterocycles. The highest BCUT2D eigenvalue weighted by Crippen LogP contribution is 2.39. The van der Waals surface area contributed by atoms with E-state index in [1.165, 1.54) is 23.5 Å². The summed E-state index contributed by atoms with van der Waals surface area (Å²) < 4.78 is 29.3. The van der Waals surface area contributed by atoms with E-state index < -0.39 is 17.7 Å². The Morgan fingerprint density at radius 3 is 2.55 bits per heavy atom. The second-order valence-electron chi connectivity index (χ2n) is 4.36. The van der Waals surface area contributed by atoms with Crippen molar-refractivity contribution in [1.29, 1.82) is 0 Å². The first-order valence-electron chi connectivity index (χ1n) is 6.08. The Morgan fingerprint density at radius 1 is 1.30 bits per heavy atom. The van der Waals surface area contributed by atoms with Crippen LogP contribution in [-0.4, -0.2) is 6.54 Å². The number of halogens is 4. The van der Waals surface area contributed by atoms with E-state index in [0.29, 0.717) is 26.3 Å². The van der Waals surface area contributed by atoms with Crippen molar-refractivity contribution in [3.05, 3.63) is 55.2 Å². The summed E-state index contributed by atoms with van der Waals surface area (Å²) in [6, 6.07) is 3.67. The number of benzene rings is 1. The number of hydrogen-bond donors (Lipinski definition) is 1. The smallest absolute Gasteiger partial charge is 0.134 e. The number of rotatable bonds is 4. The van der Waals surface area contributed by atoms with E-state index in [9.17, 15) is 8.78 Å². The molecule has 1 unspecified atom stereocenters. The average Bonchev–Trinajstić information content (AvgIpc) is 2.72. The molecule has 0 spiro atoms. The van der Waals surface area contributed by atoms with Gasteiger partial charge in [0.2, 0.25) is 0 Å². The van der Waals surface area contributed by atoms with Crippen LogP contribution in [0, 0.1) is 18.6 Å². The van der Waals surface area contributed by atoms with Gasteiger partial charge in [0.25, 0.3) is 0 Å². The van der Waals surface area contributed by atoms with Gasteiger partial charge in [-0.2, -0.15) is 0 Å². The van der Waals surface area contributed by atoms with E-state index in [4.69, 9.17) is 23.2 Å². The standard InChI is InChI=1S/C14H13Cl2F2NS/c1-3-19-13(8-6-10(15)20-14(8)16)11-9(17)5-4-7(2)12(11)18/h4-6,13,19H,3H2,1-2H3. The monoisotopic (exact) mass is 335 g/mol. The topological polar surface area (TPSA) is 12.0 Å². The summed E-state index contributed by atoms with van der Waals surface area (Å²) in [4.78, 5) is 0. The molecule has 0 fully saturated rings. The molecule has 0 amide bonds. The molecule has 108 valence electrons. The average molecular weight is 336 g/mol. The predicted octanol–water partition coefficient (Wildman–Crippen LogP) is 5.34. The first kappa shape index (κ1) is 15.7. The Hall–Kier alpha value is -0.680. The van der Waals surface area contributed by atoms with Gasteiger partial charge in [0.15, 0.2) is 0 Å². The van der Waals surface area contributed by atoms with Gasteiger partial charge in [0.05, 0.1) is 14.7 Å². The van der Waals surface area contributed by atoms with E-state index in [-0.39, 0.29) is 5.56 Å². The van der Waals surface area contributed by atoms with Gasteiger partial charge >= 0.3 is 0 Å². The van der Waals surface area contributed by atoms with Gasteiger partial charge in [-0.1, -0.05) is 36.2 Å². The predicted molar refractivity (Wildman–Crippen MR) is 81.0 cm³/mol. The summed E-state index contributed by atoms with van der Waals surface area (Å²) in [5.74, 6) is -1.16. The summed E-state index contributed by atoms with van der Waals surface area (Å²) in [6.45, 7) is 4.01. The van der Waals surface area contributed by atoms with Crippen LogP contribution in [0.4, 0.5) is 8.78 Å². The molecule has 1 N–H and O–H groups in total. The molecule has 0 aliphatic heterocycles. The molecule has 1 atom stereocenters. The maximum absolute atomic E-state index is 14.3. The van der Waals surface area contributed by atoms with Crippen LogP contribution in [0.1, 0.15) is 29.7 Å². The van der Waals surface area contributed by atoms with Crippen LogP contribution in [-0.2, 0) is 0 Å². The van der Waals surface area contributed by atoms with Crippen LogP contribution in [0.25, 0.3) is 0 Å². The van der Waals surface area contributed by atoms with Crippen molar-refractivity contribution in [3.63, 3.8) is 0 Å². The van der Waals surface area contributed by atoms with Crippen LogP contribution >= 0.6 is 34.5 Å². The SMILES string of the molecule is CCNC(c1cc(Cl)sc1Cl)c1c(F)ccc(C)c1F. The van der Waals surface area contributed by atoms with Gasteiger partial charge in [0.1, 0.15) is 11.6 Å². The zero-order chi connectivity index (χ0) is 14.9. The summed E-state index contributed by atoms with van der Waals surface area (Å²) in [5.41, 5.74) is 0.955. The van der Waals surface area contributed by atoms with Gasteiger partial charge in [0, 0.05) is 11.1 Å². The largest absolute Gasteiger partial charge is 0.306 e. The van der Waals surface area contributed by atoms with E-state index in [1.807, 2.05) is 6.92 Å². The summed E-state index contributed by atoms with van der Waals surface area (Å²) in [5, 5.41) is 3.06. The third-order valence-electron chi connectivity index (χ3n) is 3.01. The number of nitrogens with one attached hydrogen (secondary N) is 1. The van der Waals surface area contributed by atoms with Crippen LogP contribution in [0.15, 0.2) is 18.2 Å². The molecule has 0 saturated carbocycles. The van der Waals surface area contributed by atoms with Gasteiger partial charge in [-0.3, -0.25) is 0 Å². The second-order valence-corrected chi connectivity index (χ2v) is 6.65. The number of thiophene rings is 1. The lowest BCUT2D eigenvalue weighted by Crippen LogP contribution is -2.24. The van der Waals surface area contributed by atoms with Crippen LogP contribution in [0.3, 0.4) is 0 Å². The molecule has 1 aromatic heterocycles. The second kappa shape index (κ2) is 6.39. The summed E-state index contributed by atoms with van der Waals surface area (Å²) in [6.07, 6.45) is 0. The van der Waals surface area contributed by atoms with Gasteiger partial charge in [-0.05, 0) is 31.2 Å². The lowest BCUT2D eigenvalue weighted by molar-refractivity contribution is 0.507. The van der Waals surface area contributed by atoms with Crippen molar-refractivity contribution in [2.45, 2.75) is 19.9 Å². The van der Waals surface area contributed by atoms with E-state index in [2.05, 4.69) is 5.32 Å². The Balaban J connectivity index is 2.60. The number of hydrogen-bond acceptors (Lipinski definition) is 2. The molecule has 1 aromatic carbocycles. The molecule has 1 nitrogen and oxygen atoms in total. The third-order valence-corrected chi connectivity index (χ3v) is 4.53. The highest BCUT2D eigenvalue weighted by atomic mass is 35.5. The molecule has 0 aliphatic rings. The fourth-order valence-electron chi connectivity index (χ4n) is 2.06. The van der Waals surface area contributed by atoms with Crippen LogP contribution in [0.5, 0.6) is 0 Å². The third kappa shape index (κ3) is 2.98. The quantitative estimate of drug-likeness (QED) is 0.795. The molecule has 0 bridgehead atoms. The fourth-order valence-corrected chi connectivity index (χ4v) is 3.60. The lowest BCUT2D eigenvalue weighted by atomic mass is 9.98. The van der Waals surface area contributed by atoms with Crippen molar-refractivity contribution in [2.24, 2.45) is 0 Å². The Kier molecular flexibility index (Phi) is 5.02. The molecule has 1 heterocycles. The highest BCUT2D eigenvalue weighted by Gasteiger charge is 2.25. The van der Waals surface area contributed by atoms with E-state index in [0.717, 1.165) is 0 Å². The maximum Gasteiger partial charge on any atom is 0.134 e. The fraction of sp³-hybridized carbons (Fsp3) is 0.286.